The largest absolute Gasteiger partial charge is 0.300 e. The molecule has 0 fully saturated rings. The summed E-state index contributed by atoms with van der Waals surface area (Å²) in [6.45, 7) is 9.11. The Labute approximate surface area is 111 Å². The average molecular weight is 251 g/mol. The highest BCUT2D eigenvalue weighted by atomic mass is 32.2. The molecule has 0 aliphatic carbocycles. The van der Waals surface area contributed by atoms with Crippen LogP contribution >= 0.6 is 11.8 Å². The number of benzene rings is 1. The summed E-state index contributed by atoms with van der Waals surface area (Å²) in [5, 5.41) is 0. The first-order chi connectivity index (χ1) is 7.93. The Hall–Kier alpha value is -0.470. The monoisotopic (exact) mass is 251 g/mol. The van der Waals surface area contributed by atoms with E-state index in [-0.39, 0.29) is 0 Å². The molecule has 0 atom stereocenters. The lowest BCUT2D eigenvalue weighted by Gasteiger charge is -2.20. The van der Waals surface area contributed by atoms with Gasteiger partial charge >= 0.3 is 0 Å². The summed E-state index contributed by atoms with van der Waals surface area (Å²) in [5.41, 5.74) is 2.98. The Balaban J connectivity index is 3.09. The summed E-state index contributed by atoms with van der Waals surface area (Å²) in [6.07, 6.45) is 0. The Kier molecular flexibility index (Phi) is 5.54. The Morgan fingerprint density at radius 2 is 1.47 bits per heavy atom. The zero-order chi connectivity index (χ0) is 13.0. The van der Waals surface area contributed by atoms with E-state index in [0.29, 0.717) is 11.8 Å². The van der Waals surface area contributed by atoms with Gasteiger partial charge in [0.25, 0.3) is 0 Å². The fraction of sp³-hybridized carbons (Fsp3) is 0.600. The molecule has 0 heterocycles. The van der Waals surface area contributed by atoms with Crippen molar-refractivity contribution >= 4 is 11.8 Å². The van der Waals surface area contributed by atoms with Gasteiger partial charge in [0, 0.05) is 10.8 Å². The molecule has 0 aliphatic rings. The van der Waals surface area contributed by atoms with Gasteiger partial charge in [0.1, 0.15) is 0 Å². The summed E-state index contributed by atoms with van der Waals surface area (Å²) in [6, 6.07) is 6.74. The molecule has 0 spiro atoms. The summed E-state index contributed by atoms with van der Waals surface area (Å²) in [7, 11) is 4.25. The van der Waals surface area contributed by atoms with Gasteiger partial charge in [-0.2, -0.15) is 0 Å². The molecule has 17 heavy (non-hydrogen) atoms. The molecule has 1 aromatic carbocycles. The molecule has 96 valence electrons. The first-order valence-corrected chi connectivity index (χ1v) is 7.32. The van der Waals surface area contributed by atoms with Crippen molar-refractivity contribution in [2.24, 2.45) is 0 Å². The highest BCUT2D eigenvalue weighted by Gasteiger charge is 2.13. The van der Waals surface area contributed by atoms with E-state index >= 15 is 0 Å². The molecule has 0 aliphatic heterocycles. The van der Waals surface area contributed by atoms with E-state index in [4.69, 9.17) is 0 Å². The number of rotatable bonds is 5. The quantitative estimate of drug-likeness (QED) is 0.558. The maximum absolute atomic E-state index is 2.28. The van der Waals surface area contributed by atoms with Crippen LogP contribution in [0.3, 0.4) is 0 Å². The van der Waals surface area contributed by atoms with Crippen LogP contribution in [-0.2, 0) is 0 Å². The lowest BCUT2D eigenvalue weighted by molar-refractivity contribution is 0.485. The fourth-order valence-electron chi connectivity index (χ4n) is 1.84. The molecule has 0 N–H and O–H groups in total. The van der Waals surface area contributed by atoms with Gasteiger partial charge in [-0.05, 0) is 37.1 Å². The summed E-state index contributed by atoms with van der Waals surface area (Å²) in [4.78, 5) is 3.72. The molecule has 1 rings (SSSR count). The maximum Gasteiger partial charge on any atom is 0.0486 e. The van der Waals surface area contributed by atoms with Gasteiger partial charge in [-0.15, -0.1) is 11.8 Å². The van der Waals surface area contributed by atoms with Crippen LogP contribution in [-0.4, -0.2) is 24.9 Å². The van der Waals surface area contributed by atoms with Crippen molar-refractivity contribution in [3.63, 3.8) is 0 Å². The Morgan fingerprint density at radius 3 is 1.82 bits per heavy atom. The SMILES string of the molecule is CC(C)c1cccc(C(C)C)c1SCN(C)C. The molecule has 0 bridgehead atoms. The number of thioether (sulfide) groups is 1. The molecule has 1 aromatic rings. The molecule has 2 heteroatoms. The highest BCUT2D eigenvalue weighted by molar-refractivity contribution is 7.99. The van der Waals surface area contributed by atoms with E-state index in [9.17, 15) is 0 Å². The molecular formula is C15H25NS. The second kappa shape index (κ2) is 6.46. The third-order valence-electron chi connectivity index (χ3n) is 2.79. The van der Waals surface area contributed by atoms with Gasteiger partial charge in [-0.1, -0.05) is 45.9 Å². The molecule has 1 nitrogen and oxygen atoms in total. The normalized spacial score (nSPS) is 11.8. The smallest absolute Gasteiger partial charge is 0.0486 e. The number of nitrogens with zero attached hydrogens (tertiary/aromatic N) is 1. The highest BCUT2D eigenvalue weighted by Crippen LogP contribution is 2.35. The summed E-state index contributed by atoms with van der Waals surface area (Å²) < 4.78 is 0. The molecule has 0 saturated carbocycles. The van der Waals surface area contributed by atoms with Crippen molar-refractivity contribution in [3.05, 3.63) is 29.3 Å². The van der Waals surface area contributed by atoms with E-state index in [1.807, 2.05) is 11.8 Å². The minimum absolute atomic E-state index is 0.596. The first-order valence-electron chi connectivity index (χ1n) is 6.33. The number of hydrogen-bond donors (Lipinski definition) is 0. The van der Waals surface area contributed by atoms with Gasteiger partial charge in [0.05, 0.1) is 0 Å². The molecule has 0 saturated heterocycles. The van der Waals surface area contributed by atoms with Gasteiger partial charge in [-0.3, -0.25) is 4.90 Å². The summed E-state index contributed by atoms with van der Waals surface area (Å²) in [5.74, 6) is 2.24. The Morgan fingerprint density at radius 1 is 1.00 bits per heavy atom. The third kappa shape index (κ3) is 4.04. The van der Waals surface area contributed by atoms with E-state index in [1.165, 1.54) is 16.0 Å². The average Bonchev–Trinajstić information content (AvgIpc) is 2.25. The van der Waals surface area contributed by atoms with Crippen molar-refractivity contribution in [3.8, 4) is 0 Å². The lowest BCUT2D eigenvalue weighted by atomic mass is 9.95. The van der Waals surface area contributed by atoms with Crippen LogP contribution in [0.15, 0.2) is 23.1 Å². The standard InChI is InChI=1S/C15H25NS/c1-11(2)13-8-7-9-14(12(3)4)15(13)17-10-16(5)6/h7-9,11-12H,10H2,1-6H3. The second-order valence-electron chi connectivity index (χ2n) is 5.43. The zero-order valence-electron chi connectivity index (χ0n) is 11.9. The van der Waals surface area contributed by atoms with E-state index in [2.05, 4.69) is 64.9 Å². The molecule has 0 radical (unpaired) electrons. The van der Waals surface area contributed by atoms with E-state index < -0.39 is 0 Å². The van der Waals surface area contributed by atoms with Crippen LogP contribution in [0.5, 0.6) is 0 Å². The first kappa shape index (κ1) is 14.6. The number of hydrogen-bond acceptors (Lipinski definition) is 2. The van der Waals surface area contributed by atoms with Gasteiger partial charge in [0.2, 0.25) is 0 Å². The van der Waals surface area contributed by atoms with Gasteiger partial charge in [0.15, 0.2) is 0 Å². The predicted molar refractivity (Wildman–Crippen MR) is 79.0 cm³/mol. The maximum atomic E-state index is 2.28. The zero-order valence-corrected chi connectivity index (χ0v) is 12.8. The van der Waals surface area contributed by atoms with Crippen molar-refractivity contribution in [1.82, 2.24) is 4.90 Å². The van der Waals surface area contributed by atoms with Crippen molar-refractivity contribution in [2.45, 2.75) is 44.4 Å². The molecule has 0 unspecified atom stereocenters. The van der Waals surface area contributed by atoms with Crippen LogP contribution in [0.1, 0.15) is 50.7 Å². The topological polar surface area (TPSA) is 3.24 Å². The summed E-state index contributed by atoms with van der Waals surface area (Å²) >= 11 is 1.96. The van der Waals surface area contributed by atoms with Gasteiger partial charge in [-0.25, -0.2) is 0 Å². The van der Waals surface area contributed by atoms with Crippen LogP contribution in [0.2, 0.25) is 0 Å². The fourth-order valence-corrected chi connectivity index (χ4v) is 3.17. The van der Waals surface area contributed by atoms with Crippen LogP contribution in [0.4, 0.5) is 0 Å². The lowest BCUT2D eigenvalue weighted by Crippen LogP contribution is -2.11. The van der Waals surface area contributed by atoms with Crippen LogP contribution < -0.4 is 0 Å². The van der Waals surface area contributed by atoms with E-state index in [1.54, 1.807) is 0 Å². The minimum atomic E-state index is 0.596. The molecule has 0 aromatic heterocycles. The van der Waals surface area contributed by atoms with Gasteiger partial charge < -0.3 is 0 Å². The molecule has 0 amide bonds. The van der Waals surface area contributed by atoms with E-state index in [0.717, 1.165) is 5.88 Å². The second-order valence-corrected chi connectivity index (χ2v) is 6.38. The predicted octanol–water partition coefficient (Wildman–Crippen LogP) is 4.54. The third-order valence-corrected chi connectivity index (χ3v) is 4.19. The van der Waals surface area contributed by atoms with Crippen molar-refractivity contribution in [2.75, 3.05) is 20.0 Å². The molecular weight excluding hydrogens is 226 g/mol. The van der Waals surface area contributed by atoms with Crippen LogP contribution in [0.25, 0.3) is 0 Å². The van der Waals surface area contributed by atoms with Crippen molar-refractivity contribution < 1.29 is 0 Å². The minimum Gasteiger partial charge on any atom is -0.300 e. The Bertz CT molecular complexity index is 330. The van der Waals surface area contributed by atoms with Crippen LogP contribution in [0, 0.1) is 0 Å². The van der Waals surface area contributed by atoms with Crippen molar-refractivity contribution in [1.29, 1.82) is 0 Å².